The zero-order valence-electron chi connectivity index (χ0n) is 3.47. The third-order valence-electron chi connectivity index (χ3n) is 0.493. The molecule has 1 aromatic heterocycles. The molecule has 3 N–H and O–H groups in total. The lowest BCUT2D eigenvalue weighted by atomic mass is 11.0. The Morgan fingerprint density at radius 3 is 2.57 bits per heavy atom. The van der Waals surface area contributed by atoms with Crippen LogP contribution in [0.1, 0.15) is 0 Å². The van der Waals surface area contributed by atoms with Crippen LogP contribution in [0, 0.1) is 5.41 Å². The van der Waals surface area contributed by atoms with Gasteiger partial charge in [-0.3, -0.25) is 5.41 Å². The molecule has 0 bridgehead atoms. The van der Waals surface area contributed by atoms with Gasteiger partial charge in [0.1, 0.15) is 0 Å². The maximum atomic E-state index is 6.97. The molecule has 0 saturated carbocycles. The quantitative estimate of drug-likeness (QED) is 0.540. The van der Waals surface area contributed by atoms with Crippen molar-refractivity contribution in [2.45, 2.75) is 0 Å². The maximum Gasteiger partial charge on any atom is 0.165 e. The number of nitrogens with two attached hydrogens (primary N) is 1. The van der Waals surface area contributed by atoms with Crippen LogP contribution in [-0.4, -0.2) is 0 Å². The number of hydrogen-bond donors (Lipinski definition) is 2. The third-order valence-corrected chi connectivity index (χ3v) is 2.31. The van der Waals surface area contributed by atoms with Crippen LogP contribution in [0.4, 0.5) is 5.00 Å². The average molecular weight is 132 g/mol. The number of nitrogen functional groups attached to an aromatic ring is 1. The van der Waals surface area contributed by atoms with E-state index in [1.807, 2.05) is 0 Å². The van der Waals surface area contributed by atoms with Crippen molar-refractivity contribution in [2.24, 2.45) is 0 Å². The van der Waals surface area contributed by atoms with Gasteiger partial charge in [-0.1, -0.05) is 11.3 Å². The van der Waals surface area contributed by atoms with Gasteiger partial charge in [0, 0.05) is 5.38 Å². The van der Waals surface area contributed by atoms with Gasteiger partial charge < -0.3 is 5.73 Å². The first-order chi connectivity index (χ1) is 3.29. The molecule has 0 unspecified atom stereocenters. The SMILES string of the molecule is N=c1scc(N)s1. The highest BCUT2D eigenvalue weighted by Crippen LogP contribution is 2.06. The van der Waals surface area contributed by atoms with Crippen LogP contribution >= 0.6 is 22.7 Å². The van der Waals surface area contributed by atoms with Gasteiger partial charge in [-0.15, -0.1) is 11.3 Å². The summed E-state index contributed by atoms with van der Waals surface area (Å²) in [6, 6.07) is 0. The molecule has 0 radical (unpaired) electrons. The summed E-state index contributed by atoms with van der Waals surface area (Å²) >= 11 is 2.67. The first kappa shape index (κ1) is 4.80. The van der Waals surface area contributed by atoms with Gasteiger partial charge in [-0.25, -0.2) is 0 Å². The third kappa shape index (κ3) is 1.01. The molecule has 0 fully saturated rings. The van der Waals surface area contributed by atoms with E-state index in [-0.39, 0.29) is 0 Å². The predicted octanol–water partition coefficient (Wildman–Crippen LogP) is 0.871. The van der Waals surface area contributed by atoms with Crippen LogP contribution in [-0.2, 0) is 0 Å². The van der Waals surface area contributed by atoms with Gasteiger partial charge >= 0.3 is 0 Å². The fourth-order valence-corrected chi connectivity index (χ4v) is 1.67. The number of hydrogen-bond acceptors (Lipinski definition) is 4. The van der Waals surface area contributed by atoms with E-state index in [4.69, 9.17) is 11.1 Å². The molecule has 1 rings (SSSR count). The number of rotatable bonds is 0. The van der Waals surface area contributed by atoms with Gasteiger partial charge in [-0.2, -0.15) is 0 Å². The number of anilines is 1. The first-order valence-electron chi connectivity index (χ1n) is 1.68. The molecule has 0 aliphatic heterocycles. The van der Waals surface area contributed by atoms with Crippen LogP contribution in [0.5, 0.6) is 0 Å². The molecular formula is C3H4N2S2. The van der Waals surface area contributed by atoms with Gasteiger partial charge in [0.2, 0.25) is 0 Å². The maximum absolute atomic E-state index is 6.97. The Bertz CT molecular complexity index is 199. The second-order valence-corrected chi connectivity index (χ2v) is 3.25. The van der Waals surface area contributed by atoms with Crippen LogP contribution < -0.4 is 9.72 Å². The molecule has 4 heteroatoms. The molecule has 0 spiro atoms. The molecule has 0 aliphatic carbocycles. The molecule has 1 heterocycles. The molecule has 2 nitrogen and oxygen atoms in total. The Morgan fingerprint density at radius 2 is 2.43 bits per heavy atom. The molecule has 0 amide bonds. The van der Waals surface area contributed by atoms with Gasteiger partial charge in [-0.05, 0) is 0 Å². The molecule has 0 aliphatic rings. The Balaban J connectivity index is 3.30. The molecule has 0 aromatic carbocycles. The summed E-state index contributed by atoms with van der Waals surface area (Å²) in [5, 5.41) is 9.48. The summed E-state index contributed by atoms with van der Waals surface area (Å²) in [7, 11) is 0. The zero-order chi connectivity index (χ0) is 5.28. The highest BCUT2D eigenvalue weighted by Gasteiger charge is 1.82. The highest BCUT2D eigenvalue weighted by molar-refractivity contribution is 7.28. The van der Waals surface area contributed by atoms with E-state index < -0.39 is 0 Å². The minimum Gasteiger partial charge on any atom is -0.390 e. The fourth-order valence-electron chi connectivity index (χ4n) is 0.267. The second kappa shape index (κ2) is 1.63. The van der Waals surface area contributed by atoms with Crippen LogP contribution in [0.25, 0.3) is 0 Å². The van der Waals surface area contributed by atoms with Crippen molar-refractivity contribution in [1.82, 2.24) is 0 Å². The van der Waals surface area contributed by atoms with Gasteiger partial charge in [0.15, 0.2) is 3.98 Å². The van der Waals surface area contributed by atoms with Crippen molar-refractivity contribution >= 4 is 27.7 Å². The topological polar surface area (TPSA) is 49.9 Å². The lowest BCUT2D eigenvalue weighted by Gasteiger charge is -1.67. The van der Waals surface area contributed by atoms with Crippen molar-refractivity contribution < 1.29 is 0 Å². The van der Waals surface area contributed by atoms with Crippen LogP contribution in [0.3, 0.4) is 0 Å². The van der Waals surface area contributed by atoms with E-state index in [1.54, 1.807) is 5.38 Å². The monoisotopic (exact) mass is 132 g/mol. The normalized spacial score (nSPS) is 9.14. The Hall–Kier alpha value is -0.350. The Kier molecular flexibility index (Phi) is 1.12. The summed E-state index contributed by atoms with van der Waals surface area (Å²) in [6.07, 6.45) is 0. The van der Waals surface area contributed by atoms with Crippen molar-refractivity contribution in [2.75, 3.05) is 5.73 Å². The van der Waals surface area contributed by atoms with Crippen molar-refractivity contribution in [3.63, 3.8) is 0 Å². The zero-order valence-corrected chi connectivity index (χ0v) is 5.10. The minimum atomic E-state index is 0.567. The summed E-state index contributed by atoms with van der Waals surface area (Å²) in [6.45, 7) is 0. The van der Waals surface area contributed by atoms with E-state index >= 15 is 0 Å². The van der Waals surface area contributed by atoms with Crippen LogP contribution in [0.2, 0.25) is 0 Å². The average Bonchev–Trinajstić information content (AvgIpc) is 1.87. The van der Waals surface area contributed by atoms with Crippen molar-refractivity contribution in [3.8, 4) is 0 Å². The minimum absolute atomic E-state index is 0.567. The van der Waals surface area contributed by atoms with E-state index in [0.717, 1.165) is 5.00 Å². The summed E-state index contributed by atoms with van der Waals surface area (Å²) < 4.78 is 0.567. The van der Waals surface area contributed by atoms with Crippen LogP contribution in [0.15, 0.2) is 5.38 Å². The molecule has 1 aromatic rings. The number of nitrogens with one attached hydrogen (secondary N) is 1. The second-order valence-electron chi connectivity index (χ2n) is 1.03. The fraction of sp³-hybridized carbons (Fsp3) is 0. The molecule has 0 saturated heterocycles. The summed E-state index contributed by atoms with van der Waals surface area (Å²) in [5.41, 5.74) is 5.29. The van der Waals surface area contributed by atoms with E-state index in [1.165, 1.54) is 22.7 Å². The van der Waals surface area contributed by atoms with E-state index in [9.17, 15) is 0 Å². The summed E-state index contributed by atoms with van der Waals surface area (Å²) in [5.74, 6) is 0. The van der Waals surface area contributed by atoms with Crippen molar-refractivity contribution in [3.05, 3.63) is 9.36 Å². The Labute approximate surface area is 48.7 Å². The smallest absolute Gasteiger partial charge is 0.165 e. The van der Waals surface area contributed by atoms with Crippen molar-refractivity contribution in [1.29, 1.82) is 5.41 Å². The van der Waals surface area contributed by atoms with Gasteiger partial charge in [0.05, 0.1) is 5.00 Å². The largest absolute Gasteiger partial charge is 0.390 e. The molecular weight excluding hydrogens is 128 g/mol. The standard InChI is InChI=1S/C3H4N2S2/c4-2-1-6-3(5)7-2/h1,5H,4H2. The highest BCUT2D eigenvalue weighted by atomic mass is 32.2. The Morgan fingerprint density at radius 1 is 1.71 bits per heavy atom. The molecule has 0 atom stereocenters. The summed E-state index contributed by atoms with van der Waals surface area (Å²) in [4.78, 5) is 0. The lowest BCUT2D eigenvalue weighted by Crippen LogP contribution is -1.78. The first-order valence-corrected chi connectivity index (χ1v) is 3.37. The molecule has 7 heavy (non-hydrogen) atoms. The van der Waals surface area contributed by atoms with E-state index in [2.05, 4.69) is 0 Å². The lowest BCUT2D eigenvalue weighted by molar-refractivity contribution is 1.41. The molecule has 38 valence electrons. The van der Waals surface area contributed by atoms with E-state index in [0.29, 0.717) is 3.98 Å². The van der Waals surface area contributed by atoms with Gasteiger partial charge in [0.25, 0.3) is 0 Å². The predicted molar refractivity (Wildman–Crippen MR) is 32.5 cm³/mol.